The van der Waals surface area contributed by atoms with Crippen molar-refractivity contribution in [3.8, 4) is 0 Å². The second-order valence-electron chi connectivity index (χ2n) is 5.78. The largest absolute Gasteiger partial charge is 0.384 e. The first-order valence-electron chi connectivity index (χ1n) is 7.64. The molecule has 0 radical (unpaired) electrons. The highest BCUT2D eigenvalue weighted by molar-refractivity contribution is 6.31. The molecule has 0 atom stereocenters. The van der Waals surface area contributed by atoms with Gasteiger partial charge in [0.25, 0.3) is 0 Å². The predicted octanol–water partition coefficient (Wildman–Crippen LogP) is 1.71. The molecule has 4 N–H and O–H groups in total. The second-order valence-corrected chi connectivity index (χ2v) is 6.22. The number of nitrogens with zero attached hydrogens (tertiary/aromatic N) is 3. The first-order valence-corrected chi connectivity index (χ1v) is 8.02. The van der Waals surface area contributed by atoms with Crippen LogP contribution in [-0.4, -0.2) is 53.5 Å². The van der Waals surface area contributed by atoms with Gasteiger partial charge in [0.1, 0.15) is 5.82 Å². The number of anilines is 1. The number of amides is 2. The maximum Gasteiger partial charge on any atom is 0.314 e. The van der Waals surface area contributed by atoms with Gasteiger partial charge in [0.2, 0.25) is 0 Å². The average Bonchev–Trinajstić information content (AvgIpc) is 2.52. The Bertz CT molecular complexity index is 722. The van der Waals surface area contributed by atoms with Crippen molar-refractivity contribution in [1.82, 2.24) is 14.8 Å². The van der Waals surface area contributed by atoms with Gasteiger partial charge in [0.15, 0.2) is 0 Å². The van der Waals surface area contributed by atoms with Crippen molar-refractivity contribution >= 4 is 34.4 Å². The van der Waals surface area contributed by atoms with E-state index < -0.39 is 0 Å². The fraction of sp³-hybridized carbons (Fsp3) is 0.375. The van der Waals surface area contributed by atoms with Gasteiger partial charge in [0, 0.05) is 43.1 Å². The van der Waals surface area contributed by atoms with E-state index in [0.29, 0.717) is 23.9 Å². The zero-order chi connectivity index (χ0) is 16.4. The Labute approximate surface area is 140 Å². The van der Waals surface area contributed by atoms with Crippen LogP contribution in [0.4, 0.5) is 10.6 Å². The summed E-state index contributed by atoms with van der Waals surface area (Å²) in [6, 6.07) is 7.29. The van der Waals surface area contributed by atoms with E-state index in [0.717, 1.165) is 37.0 Å². The Kier molecular flexibility index (Phi) is 4.54. The highest BCUT2D eigenvalue weighted by atomic mass is 35.5. The van der Waals surface area contributed by atoms with E-state index in [1.54, 1.807) is 4.90 Å². The van der Waals surface area contributed by atoms with Gasteiger partial charge >= 0.3 is 6.03 Å². The highest BCUT2D eigenvalue weighted by Gasteiger charge is 2.19. The number of nitrogen functional groups attached to an aromatic ring is 1. The van der Waals surface area contributed by atoms with Crippen LogP contribution >= 0.6 is 11.6 Å². The Morgan fingerprint density at radius 2 is 1.96 bits per heavy atom. The average molecular weight is 334 g/mol. The smallest absolute Gasteiger partial charge is 0.314 e. The molecule has 122 valence electrons. The third-order valence-electron chi connectivity index (χ3n) is 4.26. The molecule has 2 aromatic rings. The van der Waals surface area contributed by atoms with Gasteiger partial charge in [-0.3, -0.25) is 4.90 Å². The summed E-state index contributed by atoms with van der Waals surface area (Å²) in [6.07, 6.45) is 0.876. The van der Waals surface area contributed by atoms with Crippen LogP contribution < -0.4 is 11.5 Å². The molecule has 1 aromatic carbocycles. The molecule has 0 unspecified atom stereocenters. The highest BCUT2D eigenvalue weighted by Crippen LogP contribution is 2.23. The maximum atomic E-state index is 11.1. The lowest BCUT2D eigenvalue weighted by molar-refractivity contribution is 0.146. The zero-order valence-corrected chi connectivity index (χ0v) is 13.6. The molecule has 3 rings (SSSR count). The molecule has 2 amide bonds. The molecule has 1 aliphatic heterocycles. The van der Waals surface area contributed by atoms with Crippen molar-refractivity contribution in [2.45, 2.75) is 6.42 Å². The summed E-state index contributed by atoms with van der Waals surface area (Å²) >= 11 is 6.03. The van der Waals surface area contributed by atoms with Crippen LogP contribution in [0.25, 0.3) is 10.9 Å². The monoisotopic (exact) mass is 333 g/mol. The number of halogens is 1. The Morgan fingerprint density at radius 3 is 2.65 bits per heavy atom. The number of pyridine rings is 1. The van der Waals surface area contributed by atoms with Crippen molar-refractivity contribution in [3.05, 3.63) is 34.9 Å². The third kappa shape index (κ3) is 3.65. The number of carbonyl (C=O) groups excluding carboxylic acids is 1. The number of aromatic nitrogens is 1. The molecule has 23 heavy (non-hydrogen) atoms. The molecule has 0 saturated carbocycles. The molecular formula is C16H20ClN5O. The van der Waals surface area contributed by atoms with Crippen LogP contribution in [0.2, 0.25) is 5.02 Å². The van der Waals surface area contributed by atoms with Gasteiger partial charge in [-0.05, 0) is 30.2 Å². The van der Waals surface area contributed by atoms with E-state index in [1.807, 2.05) is 24.3 Å². The number of carbonyl (C=O) groups is 1. The minimum Gasteiger partial charge on any atom is -0.384 e. The molecule has 1 aliphatic rings. The first kappa shape index (κ1) is 15.8. The van der Waals surface area contributed by atoms with Crippen LogP contribution in [0.15, 0.2) is 24.3 Å². The Balaban J connectivity index is 1.69. The molecular weight excluding hydrogens is 314 g/mol. The number of piperazine rings is 1. The molecule has 1 aromatic heterocycles. The van der Waals surface area contributed by atoms with E-state index in [2.05, 4.69) is 9.88 Å². The van der Waals surface area contributed by atoms with E-state index in [9.17, 15) is 4.79 Å². The number of hydrogen-bond donors (Lipinski definition) is 2. The zero-order valence-electron chi connectivity index (χ0n) is 12.8. The SMILES string of the molecule is NC(=O)N1CCN(CCc2cc(N)nc3cc(Cl)ccc23)CC1. The predicted molar refractivity (Wildman–Crippen MR) is 92.5 cm³/mol. The second kappa shape index (κ2) is 6.60. The van der Waals surface area contributed by atoms with Crippen molar-refractivity contribution in [1.29, 1.82) is 0 Å². The minimum atomic E-state index is -0.338. The molecule has 2 heterocycles. The van der Waals surface area contributed by atoms with Crippen molar-refractivity contribution in [2.75, 3.05) is 38.5 Å². The Hall–Kier alpha value is -2.05. The number of rotatable bonds is 3. The fourth-order valence-corrected chi connectivity index (χ4v) is 3.14. The summed E-state index contributed by atoms with van der Waals surface area (Å²) in [6.45, 7) is 3.96. The maximum absolute atomic E-state index is 11.1. The van der Waals surface area contributed by atoms with Gasteiger partial charge in [0.05, 0.1) is 5.52 Å². The van der Waals surface area contributed by atoms with Crippen LogP contribution in [0.1, 0.15) is 5.56 Å². The summed E-state index contributed by atoms with van der Waals surface area (Å²) in [5.41, 5.74) is 13.2. The summed E-state index contributed by atoms with van der Waals surface area (Å²) < 4.78 is 0. The van der Waals surface area contributed by atoms with Gasteiger partial charge in [-0.25, -0.2) is 9.78 Å². The molecule has 1 fully saturated rings. The van der Waals surface area contributed by atoms with E-state index in [-0.39, 0.29) is 6.03 Å². The minimum absolute atomic E-state index is 0.338. The molecule has 1 saturated heterocycles. The van der Waals surface area contributed by atoms with E-state index in [1.165, 1.54) is 5.56 Å². The molecule has 0 spiro atoms. The van der Waals surface area contributed by atoms with Gasteiger partial charge in [-0.1, -0.05) is 17.7 Å². The number of hydrogen-bond acceptors (Lipinski definition) is 4. The number of primary amides is 1. The van der Waals surface area contributed by atoms with Crippen LogP contribution in [0.5, 0.6) is 0 Å². The number of nitrogens with two attached hydrogens (primary N) is 2. The molecule has 0 aliphatic carbocycles. The van der Waals surface area contributed by atoms with Crippen molar-refractivity contribution in [2.24, 2.45) is 5.73 Å². The van der Waals surface area contributed by atoms with Gasteiger partial charge in [-0.15, -0.1) is 0 Å². The third-order valence-corrected chi connectivity index (χ3v) is 4.49. The summed E-state index contributed by atoms with van der Waals surface area (Å²) in [5.74, 6) is 0.508. The van der Waals surface area contributed by atoms with Gasteiger partial charge in [-0.2, -0.15) is 0 Å². The lowest BCUT2D eigenvalue weighted by Gasteiger charge is -2.33. The van der Waals surface area contributed by atoms with Crippen LogP contribution in [0, 0.1) is 0 Å². The first-order chi connectivity index (χ1) is 11.0. The number of benzene rings is 1. The quantitative estimate of drug-likeness (QED) is 0.895. The lowest BCUT2D eigenvalue weighted by atomic mass is 10.1. The topological polar surface area (TPSA) is 88.5 Å². The van der Waals surface area contributed by atoms with Gasteiger partial charge < -0.3 is 16.4 Å². The normalized spacial score (nSPS) is 16.0. The summed E-state index contributed by atoms with van der Waals surface area (Å²) in [4.78, 5) is 19.5. The number of fused-ring (bicyclic) bond motifs is 1. The van der Waals surface area contributed by atoms with Crippen molar-refractivity contribution in [3.63, 3.8) is 0 Å². The van der Waals surface area contributed by atoms with E-state index in [4.69, 9.17) is 23.1 Å². The van der Waals surface area contributed by atoms with Crippen molar-refractivity contribution < 1.29 is 4.79 Å². The molecule has 6 nitrogen and oxygen atoms in total. The lowest BCUT2D eigenvalue weighted by Crippen LogP contribution is -2.50. The molecule has 7 heteroatoms. The van der Waals surface area contributed by atoms with Crippen LogP contribution in [-0.2, 0) is 6.42 Å². The Morgan fingerprint density at radius 1 is 1.22 bits per heavy atom. The fourth-order valence-electron chi connectivity index (χ4n) is 2.97. The van der Waals surface area contributed by atoms with E-state index >= 15 is 0 Å². The van der Waals surface area contributed by atoms with Crippen LogP contribution in [0.3, 0.4) is 0 Å². The standard InChI is InChI=1S/C16H20ClN5O/c17-12-1-2-13-11(9-15(18)20-14(13)10-12)3-4-21-5-7-22(8-6-21)16(19)23/h1-2,9-10H,3-8H2,(H2,18,20)(H2,19,23). The summed E-state index contributed by atoms with van der Waals surface area (Å²) in [5, 5.41) is 1.74. The number of urea groups is 1. The summed E-state index contributed by atoms with van der Waals surface area (Å²) in [7, 11) is 0. The molecule has 0 bridgehead atoms.